The Labute approximate surface area is 143 Å². The molecule has 0 saturated heterocycles. The minimum atomic E-state index is -4.51. The number of rotatable bonds is 6. The van der Waals surface area contributed by atoms with Gasteiger partial charge in [0.1, 0.15) is 0 Å². The Morgan fingerprint density at radius 1 is 1.33 bits per heavy atom. The summed E-state index contributed by atoms with van der Waals surface area (Å²) in [5.41, 5.74) is 4.67. The van der Waals surface area contributed by atoms with Gasteiger partial charge in [0.05, 0.1) is 17.0 Å². The normalized spacial score (nSPS) is 11.3. The molecule has 1 heterocycles. The largest absolute Gasteiger partial charge is 0.416 e. The summed E-state index contributed by atoms with van der Waals surface area (Å²) in [6.45, 7) is 0. The Kier molecular flexibility index (Phi) is 5.84. The van der Waals surface area contributed by atoms with Crippen molar-refractivity contribution in [2.24, 2.45) is 5.73 Å². The second-order valence-corrected chi connectivity index (χ2v) is 6.48. The van der Waals surface area contributed by atoms with Crippen molar-refractivity contribution in [3.63, 3.8) is 0 Å². The second-order valence-electron chi connectivity index (χ2n) is 4.64. The molecule has 0 aliphatic heterocycles. The van der Waals surface area contributed by atoms with Crippen LogP contribution < -0.4 is 11.1 Å². The van der Waals surface area contributed by atoms with E-state index in [4.69, 9.17) is 5.73 Å². The number of thioether (sulfide) groups is 1. The van der Waals surface area contributed by atoms with Crippen molar-refractivity contribution >= 4 is 40.0 Å². The molecule has 10 heteroatoms. The lowest BCUT2D eigenvalue weighted by atomic mass is 10.1. The van der Waals surface area contributed by atoms with E-state index in [-0.39, 0.29) is 16.4 Å². The van der Waals surface area contributed by atoms with Crippen molar-refractivity contribution < 1.29 is 22.8 Å². The molecule has 1 aromatic carbocycles. The first-order valence-electron chi connectivity index (χ1n) is 6.55. The third-order valence-corrected chi connectivity index (χ3v) is 4.51. The number of halogens is 3. The van der Waals surface area contributed by atoms with Crippen LogP contribution in [-0.4, -0.2) is 22.6 Å². The molecule has 2 aromatic rings. The Bertz CT molecular complexity index is 747. The highest BCUT2D eigenvalue weighted by Crippen LogP contribution is 2.29. The number of amides is 2. The Morgan fingerprint density at radius 3 is 2.75 bits per heavy atom. The van der Waals surface area contributed by atoms with E-state index in [9.17, 15) is 22.8 Å². The number of carbonyl (C=O) groups is 2. The zero-order chi connectivity index (χ0) is 17.7. The lowest BCUT2D eigenvalue weighted by molar-refractivity contribution is -0.137. The molecule has 2 rings (SSSR count). The van der Waals surface area contributed by atoms with Crippen LogP contribution in [0.4, 0.5) is 18.3 Å². The van der Waals surface area contributed by atoms with Crippen molar-refractivity contribution in [2.45, 2.75) is 11.9 Å². The first-order valence-corrected chi connectivity index (χ1v) is 8.58. The van der Waals surface area contributed by atoms with Gasteiger partial charge in [0.25, 0.3) is 5.91 Å². The number of aromatic nitrogens is 1. The van der Waals surface area contributed by atoms with Crippen LogP contribution in [0, 0.1) is 0 Å². The molecular weight excluding hydrogens is 363 g/mol. The minimum absolute atomic E-state index is 0.107. The lowest BCUT2D eigenvalue weighted by Gasteiger charge is -2.08. The summed E-state index contributed by atoms with van der Waals surface area (Å²) in [6, 6.07) is 4.15. The maximum absolute atomic E-state index is 12.7. The zero-order valence-electron chi connectivity index (χ0n) is 12.1. The maximum atomic E-state index is 12.7. The molecule has 0 bridgehead atoms. The quantitative estimate of drug-likeness (QED) is 0.812. The van der Waals surface area contributed by atoms with Crippen LogP contribution in [0.25, 0.3) is 0 Å². The van der Waals surface area contributed by atoms with E-state index in [1.54, 1.807) is 5.38 Å². The second kappa shape index (κ2) is 7.67. The molecule has 128 valence electrons. The topological polar surface area (TPSA) is 85.1 Å². The number of anilines is 1. The number of benzene rings is 1. The number of hydrogen-bond acceptors (Lipinski definition) is 5. The van der Waals surface area contributed by atoms with Crippen LogP contribution in [0.3, 0.4) is 0 Å². The third kappa shape index (κ3) is 5.24. The Morgan fingerprint density at radius 2 is 2.08 bits per heavy atom. The Balaban J connectivity index is 2.00. The number of carbonyl (C=O) groups excluding carboxylic acids is 2. The fourth-order valence-electron chi connectivity index (χ4n) is 1.69. The summed E-state index contributed by atoms with van der Waals surface area (Å²) in [5.74, 6) is -0.511. The van der Waals surface area contributed by atoms with Crippen molar-refractivity contribution in [1.29, 1.82) is 0 Å². The summed E-state index contributed by atoms with van der Waals surface area (Å²) in [4.78, 5) is 26.8. The monoisotopic (exact) mass is 375 g/mol. The van der Waals surface area contributed by atoms with Gasteiger partial charge < -0.3 is 5.73 Å². The highest BCUT2D eigenvalue weighted by atomic mass is 32.2. The molecule has 0 unspecified atom stereocenters. The van der Waals surface area contributed by atoms with Crippen molar-refractivity contribution in [3.8, 4) is 0 Å². The van der Waals surface area contributed by atoms with Crippen LogP contribution in [0.15, 0.2) is 29.6 Å². The molecule has 0 radical (unpaired) electrons. The number of primary amides is 1. The van der Waals surface area contributed by atoms with E-state index in [1.165, 1.54) is 23.9 Å². The van der Waals surface area contributed by atoms with Crippen LogP contribution in [0.5, 0.6) is 0 Å². The first kappa shape index (κ1) is 18.3. The molecule has 5 nitrogen and oxygen atoms in total. The van der Waals surface area contributed by atoms with Crippen molar-refractivity contribution in [2.75, 3.05) is 11.1 Å². The van der Waals surface area contributed by atoms with Gasteiger partial charge in [0.2, 0.25) is 5.91 Å². The van der Waals surface area contributed by atoms with Gasteiger partial charge >= 0.3 is 6.18 Å². The number of alkyl halides is 3. The lowest BCUT2D eigenvalue weighted by Crippen LogP contribution is -2.14. The molecule has 2 amide bonds. The van der Waals surface area contributed by atoms with Crippen LogP contribution in [0.1, 0.15) is 21.6 Å². The van der Waals surface area contributed by atoms with Gasteiger partial charge in [-0.2, -0.15) is 13.2 Å². The smallest absolute Gasteiger partial charge is 0.369 e. The number of hydrogen-bond donors (Lipinski definition) is 2. The third-order valence-electron chi connectivity index (χ3n) is 2.72. The first-order chi connectivity index (χ1) is 11.3. The highest BCUT2D eigenvalue weighted by molar-refractivity contribution is 7.99. The van der Waals surface area contributed by atoms with E-state index in [1.807, 2.05) is 0 Å². The molecule has 0 spiro atoms. The van der Waals surface area contributed by atoms with Crippen LogP contribution in [0.2, 0.25) is 0 Å². The van der Waals surface area contributed by atoms with E-state index in [2.05, 4.69) is 10.3 Å². The van der Waals surface area contributed by atoms with E-state index in [0.29, 0.717) is 11.4 Å². The Hall–Kier alpha value is -2.07. The molecule has 0 aliphatic carbocycles. The standard InChI is InChI=1S/C14H12F3N3O2S2/c15-14(16,17)9-3-1-2-8(4-9)12(22)20-13-19-10(6-24-13)5-23-7-11(18)21/h1-4,6H,5,7H2,(H2,18,21)(H,19,20,22). The van der Waals surface area contributed by atoms with Crippen molar-refractivity contribution in [1.82, 2.24) is 4.98 Å². The maximum Gasteiger partial charge on any atom is 0.416 e. The number of nitrogens with zero attached hydrogens (tertiary/aromatic N) is 1. The SMILES string of the molecule is NC(=O)CSCc1csc(NC(=O)c2cccc(C(F)(F)F)c2)n1. The highest BCUT2D eigenvalue weighted by Gasteiger charge is 2.30. The van der Waals surface area contributed by atoms with E-state index >= 15 is 0 Å². The van der Waals surface area contributed by atoms with Gasteiger partial charge in [0.15, 0.2) is 5.13 Å². The van der Waals surface area contributed by atoms with Crippen LogP contribution >= 0.6 is 23.1 Å². The van der Waals surface area contributed by atoms with Crippen molar-refractivity contribution in [3.05, 3.63) is 46.5 Å². The van der Waals surface area contributed by atoms with Gasteiger partial charge in [-0.1, -0.05) is 6.07 Å². The molecule has 3 N–H and O–H groups in total. The van der Waals surface area contributed by atoms with Crippen LogP contribution in [-0.2, 0) is 16.7 Å². The molecule has 0 fully saturated rings. The molecular formula is C14H12F3N3O2S2. The van der Waals surface area contributed by atoms with Gasteiger partial charge in [-0.25, -0.2) is 4.98 Å². The van der Waals surface area contributed by atoms with E-state index < -0.39 is 23.6 Å². The summed E-state index contributed by atoms with van der Waals surface area (Å²) in [7, 11) is 0. The van der Waals surface area contributed by atoms with Gasteiger partial charge in [0, 0.05) is 16.7 Å². The number of nitrogens with two attached hydrogens (primary N) is 1. The predicted molar refractivity (Wildman–Crippen MR) is 86.9 cm³/mol. The number of thiazole rings is 1. The summed E-state index contributed by atoms with van der Waals surface area (Å²) >= 11 is 2.43. The predicted octanol–water partition coefficient (Wildman–Crippen LogP) is 3.13. The summed E-state index contributed by atoms with van der Waals surface area (Å²) < 4.78 is 38.0. The summed E-state index contributed by atoms with van der Waals surface area (Å²) in [6.07, 6.45) is -4.51. The molecule has 0 saturated carbocycles. The van der Waals surface area contributed by atoms with Gasteiger partial charge in [-0.15, -0.1) is 23.1 Å². The molecule has 24 heavy (non-hydrogen) atoms. The minimum Gasteiger partial charge on any atom is -0.369 e. The van der Waals surface area contributed by atoms with Gasteiger partial charge in [-0.05, 0) is 18.2 Å². The average molecular weight is 375 g/mol. The average Bonchev–Trinajstić information content (AvgIpc) is 2.93. The molecule has 0 atom stereocenters. The fraction of sp³-hybridized carbons (Fsp3) is 0.214. The molecule has 0 aliphatic rings. The zero-order valence-corrected chi connectivity index (χ0v) is 13.7. The summed E-state index contributed by atoms with van der Waals surface area (Å²) in [5, 5.41) is 4.42. The fourth-order valence-corrected chi connectivity index (χ4v) is 3.16. The number of nitrogens with one attached hydrogen (secondary N) is 1. The van der Waals surface area contributed by atoms with Gasteiger partial charge in [-0.3, -0.25) is 14.9 Å². The van der Waals surface area contributed by atoms with E-state index in [0.717, 1.165) is 23.5 Å². The molecule has 1 aromatic heterocycles.